The number of benzene rings is 1. The van der Waals surface area contributed by atoms with Crippen LogP contribution in [0.2, 0.25) is 0 Å². The smallest absolute Gasteiger partial charge is 0.191 e. The van der Waals surface area contributed by atoms with Crippen molar-refractivity contribution < 1.29 is 9.47 Å². The highest BCUT2D eigenvalue weighted by atomic mass is 16.5. The van der Waals surface area contributed by atoms with Crippen molar-refractivity contribution in [2.45, 2.75) is 26.5 Å². The zero-order valence-corrected chi connectivity index (χ0v) is 15.2. The number of guanidine groups is 1. The second-order valence-corrected chi connectivity index (χ2v) is 5.66. The second-order valence-electron chi connectivity index (χ2n) is 5.66. The van der Waals surface area contributed by atoms with Gasteiger partial charge in [-0.15, -0.1) is 0 Å². The first-order valence-electron chi connectivity index (χ1n) is 8.29. The van der Waals surface area contributed by atoms with Crippen molar-refractivity contribution in [3.8, 4) is 11.5 Å². The number of nitrogens with zero attached hydrogens (tertiary/aromatic N) is 2. The molecule has 2 rings (SSSR count). The van der Waals surface area contributed by atoms with E-state index in [0.717, 1.165) is 22.9 Å². The SMILES string of the molecule is CN=C(NCc1cccc(C)n1)NCC(C)Oc1ccccc1OC. The molecule has 0 amide bonds. The van der Waals surface area contributed by atoms with E-state index in [1.165, 1.54) is 0 Å². The second kappa shape index (κ2) is 9.52. The number of aryl methyl sites for hydroxylation is 1. The first-order chi connectivity index (χ1) is 12.1. The molecule has 1 aromatic carbocycles. The molecule has 0 fully saturated rings. The van der Waals surface area contributed by atoms with Crippen LogP contribution in [0.3, 0.4) is 0 Å². The molecule has 1 unspecified atom stereocenters. The van der Waals surface area contributed by atoms with Crippen LogP contribution in [0, 0.1) is 6.92 Å². The van der Waals surface area contributed by atoms with Crippen molar-refractivity contribution in [1.82, 2.24) is 15.6 Å². The molecule has 134 valence electrons. The molecular weight excluding hydrogens is 316 g/mol. The summed E-state index contributed by atoms with van der Waals surface area (Å²) >= 11 is 0. The summed E-state index contributed by atoms with van der Waals surface area (Å²) in [6, 6.07) is 13.6. The Morgan fingerprint density at radius 1 is 1.12 bits per heavy atom. The van der Waals surface area contributed by atoms with Crippen LogP contribution in [0.4, 0.5) is 0 Å². The summed E-state index contributed by atoms with van der Waals surface area (Å²) in [5.74, 6) is 2.16. The maximum atomic E-state index is 5.93. The lowest BCUT2D eigenvalue weighted by molar-refractivity contribution is 0.213. The zero-order chi connectivity index (χ0) is 18.1. The molecule has 0 saturated heterocycles. The van der Waals surface area contributed by atoms with Gasteiger partial charge in [0.1, 0.15) is 6.10 Å². The average Bonchev–Trinajstić information content (AvgIpc) is 2.62. The third kappa shape index (κ3) is 5.99. The number of ether oxygens (including phenoxy) is 2. The highest BCUT2D eigenvalue weighted by molar-refractivity contribution is 5.79. The van der Waals surface area contributed by atoms with E-state index in [-0.39, 0.29) is 6.10 Å². The van der Waals surface area contributed by atoms with E-state index in [9.17, 15) is 0 Å². The van der Waals surface area contributed by atoms with Crippen LogP contribution >= 0.6 is 0 Å². The molecule has 2 aromatic rings. The first kappa shape index (κ1) is 18.6. The molecule has 1 heterocycles. The topological polar surface area (TPSA) is 67.8 Å². The number of aromatic nitrogens is 1. The summed E-state index contributed by atoms with van der Waals surface area (Å²) in [5, 5.41) is 6.51. The molecule has 0 aliphatic heterocycles. The first-order valence-corrected chi connectivity index (χ1v) is 8.29. The minimum absolute atomic E-state index is 0.0491. The van der Waals surface area contributed by atoms with E-state index >= 15 is 0 Å². The Hall–Kier alpha value is -2.76. The van der Waals surface area contributed by atoms with Crippen molar-refractivity contribution >= 4 is 5.96 Å². The van der Waals surface area contributed by atoms with Gasteiger partial charge in [0.15, 0.2) is 17.5 Å². The van der Waals surface area contributed by atoms with Crippen molar-refractivity contribution in [3.05, 3.63) is 53.9 Å². The predicted octanol–water partition coefficient (Wildman–Crippen LogP) is 2.53. The Morgan fingerprint density at radius 3 is 2.56 bits per heavy atom. The molecule has 0 bridgehead atoms. The van der Waals surface area contributed by atoms with E-state index in [2.05, 4.69) is 20.6 Å². The Morgan fingerprint density at radius 2 is 1.88 bits per heavy atom. The van der Waals surface area contributed by atoms with E-state index in [1.54, 1.807) is 14.2 Å². The van der Waals surface area contributed by atoms with Gasteiger partial charge in [-0.25, -0.2) is 0 Å². The molecule has 1 atom stereocenters. The monoisotopic (exact) mass is 342 g/mol. The minimum Gasteiger partial charge on any atom is -0.493 e. The highest BCUT2D eigenvalue weighted by Crippen LogP contribution is 2.26. The largest absolute Gasteiger partial charge is 0.493 e. The van der Waals surface area contributed by atoms with Gasteiger partial charge in [-0.05, 0) is 38.1 Å². The van der Waals surface area contributed by atoms with Crippen molar-refractivity contribution in [2.24, 2.45) is 4.99 Å². The quantitative estimate of drug-likeness (QED) is 0.598. The van der Waals surface area contributed by atoms with E-state index in [1.807, 2.05) is 56.3 Å². The van der Waals surface area contributed by atoms with E-state index in [4.69, 9.17) is 9.47 Å². The van der Waals surface area contributed by atoms with Crippen LogP contribution in [-0.4, -0.2) is 37.7 Å². The van der Waals surface area contributed by atoms with E-state index < -0.39 is 0 Å². The molecule has 0 radical (unpaired) electrons. The number of rotatable bonds is 7. The van der Waals surface area contributed by atoms with Gasteiger partial charge < -0.3 is 20.1 Å². The van der Waals surface area contributed by atoms with Crippen molar-refractivity contribution in [2.75, 3.05) is 20.7 Å². The molecule has 0 aliphatic carbocycles. The third-order valence-corrected chi connectivity index (χ3v) is 3.56. The van der Waals surface area contributed by atoms with Gasteiger partial charge in [-0.3, -0.25) is 9.98 Å². The lowest BCUT2D eigenvalue weighted by Crippen LogP contribution is -2.41. The summed E-state index contributed by atoms with van der Waals surface area (Å²) in [6.07, 6.45) is -0.0491. The van der Waals surface area contributed by atoms with Crippen LogP contribution in [0.1, 0.15) is 18.3 Å². The summed E-state index contributed by atoms with van der Waals surface area (Å²) in [6.45, 7) is 5.20. The lowest BCUT2D eigenvalue weighted by atomic mass is 10.3. The lowest BCUT2D eigenvalue weighted by Gasteiger charge is -2.19. The van der Waals surface area contributed by atoms with Crippen LogP contribution in [-0.2, 0) is 6.54 Å². The van der Waals surface area contributed by atoms with Gasteiger partial charge in [-0.1, -0.05) is 18.2 Å². The van der Waals surface area contributed by atoms with Gasteiger partial charge in [0.05, 0.1) is 25.9 Å². The van der Waals surface area contributed by atoms with Crippen molar-refractivity contribution in [1.29, 1.82) is 0 Å². The molecular formula is C19H26N4O2. The van der Waals surface area contributed by atoms with Crippen LogP contribution < -0.4 is 20.1 Å². The van der Waals surface area contributed by atoms with Gasteiger partial charge in [0, 0.05) is 12.7 Å². The molecule has 2 N–H and O–H groups in total. The van der Waals surface area contributed by atoms with Gasteiger partial charge >= 0.3 is 0 Å². The fourth-order valence-electron chi connectivity index (χ4n) is 2.31. The Kier molecular flexibility index (Phi) is 7.07. The Bertz CT molecular complexity index is 703. The molecule has 6 nitrogen and oxygen atoms in total. The maximum Gasteiger partial charge on any atom is 0.191 e. The summed E-state index contributed by atoms with van der Waals surface area (Å²) in [5.41, 5.74) is 1.97. The van der Waals surface area contributed by atoms with Crippen LogP contribution in [0.5, 0.6) is 11.5 Å². The van der Waals surface area contributed by atoms with Gasteiger partial charge in [-0.2, -0.15) is 0 Å². The Labute approximate surface area is 149 Å². The molecule has 0 aliphatic rings. The van der Waals surface area contributed by atoms with Gasteiger partial charge in [0.2, 0.25) is 0 Å². The number of aliphatic imine (C=N–C) groups is 1. The fraction of sp³-hybridized carbons (Fsp3) is 0.368. The number of nitrogens with one attached hydrogen (secondary N) is 2. The Balaban J connectivity index is 1.81. The van der Waals surface area contributed by atoms with Crippen LogP contribution in [0.25, 0.3) is 0 Å². The molecule has 0 spiro atoms. The standard InChI is InChI=1S/C19H26N4O2/c1-14-8-7-9-16(23-14)13-22-19(20-3)21-12-15(2)25-18-11-6-5-10-17(18)24-4/h5-11,15H,12-13H2,1-4H3,(H2,20,21,22). The number of hydrogen-bond acceptors (Lipinski definition) is 4. The zero-order valence-electron chi connectivity index (χ0n) is 15.2. The third-order valence-electron chi connectivity index (χ3n) is 3.56. The molecule has 25 heavy (non-hydrogen) atoms. The number of pyridine rings is 1. The fourth-order valence-corrected chi connectivity index (χ4v) is 2.31. The summed E-state index contributed by atoms with van der Waals surface area (Å²) in [7, 11) is 3.38. The maximum absolute atomic E-state index is 5.93. The number of para-hydroxylation sites is 2. The average molecular weight is 342 g/mol. The molecule has 6 heteroatoms. The normalized spacial score (nSPS) is 12.4. The number of hydrogen-bond donors (Lipinski definition) is 2. The van der Waals surface area contributed by atoms with Crippen molar-refractivity contribution in [3.63, 3.8) is 0 Å². The van der Waals surface area contributed by atoms with Gasteiger partial charge in [0.25, 0.3) is 0 Å². The summed E-state index contributed by atoms with van der Waals surface area (Å²) < 4.78 is 11.2. The summed E-state index contributed by atoms with van der Waals surface area (Å²) in [4.78, 5) is 8.69. The molecule has 1 aromatic heterocycles. The van der Waals surface area contributed by atoms with Crippen LogP contribution in [0.15, 0.2) is 47.5 Å². The predicted molar refractivity (Wildman–Crippen MR) is 100 cm³/mol. The highest BCUT2D eigenvalue weighted by Gasteiger charge is 2.09. The number of methoxy groups -OCH3 is 1. The molecule has 0 saturated carbocycles. The van der Waals surface area contributed by atoms with E-state index in [0.29, 0.717) is 19.0 Å². The minimum atomic E-state index is -0.0491.